The van der Waals surface area contributed by atoms with E-state index in [0.717, 1.165) is 19.4 Å². The van der Waals surface area contributed by atoms with E-state index in [4.69, 9.17) is 9.15 Å². The number of carbonyl (C=O) groups excluding carboxylic acids is 1. The van der Waals surface area contributed by atoms with E-state index in [1.807, 2.05) is 0 Å². The van der Waals surface area contributed by atoms with E-state index in [1.165, 1.54) is 12.5 Å². The first-order valence-corrected chi connectivity index (χ1v) is 5.80. The molecule has 0 spiro atoms. The van der Waals surface area contributed by atoms with Gasteiger partial charge in [0.05, 0.1) is 24.0 Å². The summed E-state index contributed by atoms with van der Waals surface area (Å²) in [5, 5.41) is 6.32. The average Bonchev–Trinajstić information content (AvgIpc) is 2.98. The summed E-state index contributed by atoms with van der Waals surface area (Å²) in [5.74, 6) is -0.108. The van der Waals surface area contributed by atoms with Crippen LogP contribution in [0.2, 0.25) is 0 Å². The zero-order chi connectivity index (χ0) is 12.1. The largest absolute Gasteiger partial charge is 0.472 e. The minimum atomic E-state index is -0.117. The van der Waals surface area contributed by atoms with E-state index in [2.05, 4.69) is 10.6 Å². The number of hydrogen-bond donors (Lipinski definition) is 2. The van der Waals surface area contributed by atoms with E-state index in [-0.39, 0.29) is 23.9 Å². The lowest BCUT2D eigenvalue weighted by Crippen LogP contribution is -2.52. The zero-order valence-electron chi connectivity index (χ0n) is 10.4. The van der Waals surface area contributed by atoms with Gasteiger partial charge in [-0.3, -0.25) is 4.79 Å². The summed E-state index contributed by atoms with van der Waals surface area (Å²) in [7, 11) is 1.68. The highest BCUT2D eigenvalue weighted by Crippen LogP contribution is 2.18. The molecule has 102 valence electrons. The molecule has 6 heteroatoms. The summed E-state index contributed by atoms with van der Waals surface area (Å²) in [6.45, 7) is 2.16. The molecule has 1 aromatic rings. The van der Waals surface area contributed by atoms with Crippen molar-refractivity contribution in [2.24, 2.45) is 0 Å². The maximum absolute atomic E-state index is 11.8. The second-order valence-corrected chi connectivity index (χ2v) is 4.44. The first kappa shape index (κ1) is 15.0. The van der Waals surface area contributed by atoms with Gasteiger partial charge in [0.2, 0.25) is 0 Å². The van der Waals surface area contributed by atoms with Crippen LogP contribution >= 0.6 is 12.4 Å². The number of ether oxygens (including phenoxy) is 1. The van der Waals surface area contributed by atoms with Crippen molar-refractivity contribution >= 4 is 18.3 Å². The Labute approximate surface area is 113 Å². The third-order valence-corrected chi connectivity index (χ3v) is 3.12. The third kappa shape index (κ3) is 3.48. The van der Waals surface area contributed by atoms with Crippen molar-refractivity contribution in [3.63, 3.8) is 0 Å². The molecule has 0 aliphatic carbocycles. The van der Waals surface area contributed by atoms with Crippen LogP contribution in [0.5, 0.6) is 0 Å². The van der Waals surface area contributed by atoms with Crippen molar-refractivity contribution in [1.82, 2.24) is 10.6 Å². The van der Waals surface area contributed by atoms with E-state index in [9.17, 15) is 4.79 Å². The van der Waals surface area contributed by atoms with Gasteiger partial charge in [-0.25, -0.2) is 0 Å². The van der Waals surface area contributed by atoms with Gasteiger partial charge in [0.1, 0.15) is 6.26 Å². The molecule has 0 radical (unpaired) electrons. The summed E-state index contributed by atoms with van der Waals surface area (Å²) in [6.07, 6.45) is 5.07. The van der Waals surface area contributed by atoms with Gasteiger partial charge in [-0.05, 0) is 25.5 Å². The van der Waals surface area contributed by atoms with E-state index < -0.39 is 0 Å². The fourth-order valence-electron chi connectivity index (χ4n) is 2.22. The normalized spacial score (nSPS) is 22.5. The molecule has 2 rings (SSSR count). The molecule has 0 aromatic carbocycles. The summed E-state index contributed by atoms with van der Waals surface area (Å²) < 4.78 is 10.1. The summed E-state index contributed by atoms with van der Waals surface area (Å²) in [6, 6.07) is 1.65. The van der Waals surface area contributed by atoms with Crippen LogP contribution < -0.4 is 10.6 Å². The second kappa shape index (κ2) is 6.78. The maximum Gasteiger partial charge on any atom is 0.254 e. The van der Waals surface area contributed by atoms with Crippen molar-refractivity contribution in [3.8, 4) is 0 Å². The van der Waals surface area contributed by atoms with Crippen LogP contribution in [0, 0.1) is 0 Å². The standard InChI is InChI=1S/C12H18N2O3.ClH/c1-16-9-12(4-2-5-14-12)8-13-11(15)10-3-6-17-7-10;/h3,6-7,14H,2,4-5,8-9H2,1H3,(H,13,15);1H. The quantitative estimate of drug-likeness (QED) is 0.847. The van der Waals surface area contributed by atoms with Gasteiger partial charge in [0.25, 0.3) is 5.91 Å². The lowest BCUT2D eigenvalue weighted by atomic mass is 9.98. The van der Waals surface area contributed by atoms with Crippen molar-refractivity contribution in [1.29, 1.82) is 0 Å². The Bertz CT molecular complexity index is 361. The van der Waals surface area contributed by atoms with Crippen LogP contribution in [-0.4, -0.2) is 38.3 Å². The Balaban J connectivity index is 0.00000162. The lowest BCUT2D eigenvalue weighted by molar-refractivity contribution is 0.0891. The Kier molecular flexibility index (Phi) is 5.65. The van der Waals surface area contributed by atoms with Crippen molar-refractivity contribution < 1.29 is 13.9 Å². The number of furan rings is 1. The van der Waals surface area contributed by atoms with Crippen LogP contribution in [0.25, 0.3) is 0 Å². The van der Waals surface area contributed by atoms with E-state index >= 15 is 0 Å². The fourth-order valence-corrected chi connectivity index (χ4v) is 2.22. The number of hydrogen-bond acceptors (Lipinski definition) is 4. The monoisotopic (exact) mass is 274 g/mol. The van der Waals surface area contributed by atoms with Gasteiger partial charge < -0.3 is 19.8 Å². The molecule has 18 heavy (non-hydrogen) atoms. The highest BCUT2D eigenvalue weighted by atomic mass is 35.5. The Morgan fingerprint density at radius 2 is 2.50 bits per heavy atom. The molecular weight excluding hydrogens is 256 g/mol. The number of rotatable bonds is 5. The van der Waals surface area contributed by atoms with Crippen molar-refractivity contribution in [2.45, 2.75) is 18.4 Å². The maximum atomic E-state index is 11.8. The molecule has 1 aliphatic rings. The van der Waals surface area contributed by atoms with Gasteiger partial charge >= 0.3 is 0 Å². The molecule has 1 atom stereocenters. The fraction of sp³-hybridized carbons (Fsp3) is 0.583. The van der Waals surface area contributed by atoms with Gasteiger partial charge in [-0.1, -0.05) is 0 Å². The molecule has 0 saturated carbocycles. The molecule has 1 aliphatic heterocycles. The van der Waals surface area contributed by atoms with Crippen LogP contribution in [0.1, 0.15) is 23.2 Å². The number of nitrogens with one attached hydrogen (secondary N) is 2. The highest BCUT2D eigenvalue weighted by molar-refractivity contribution is 5.93. The number of methoxy groups -OCH3 is 1. The van der Waals surface area contributed by atoms with E-state index in [0.29, 0.717) is 18.7 Å². The molecule has 1 fully saturated rings. The molecule has 1 aromatic heterocycles. The molecular formula is C12H19ClN2O3. The van der Waals surface area contributed by atoms with Crippen LogP contribution in [0.4, 0.5) is 0 Å². The third-order valence-electron chi connectivity index (χ3n) is 3.12. The van der Waals surface area contributed by atoms with Gasteiger partial charge in [-0.15, -0.1) is 12.4 Å². The van der Waals surface area contributed by atoms with Crippen molar-refractivity contribution in [2.75, 3.05) is 26.8 Å². The topological polar surface area (TPSA) is 63.5 Å². The zero-order valence-corrected chi connectivity index (χ0v) is 11.2. The SMILES string of the molecule is COCC1(CNC(=O)c2ccoc2)CCCN1.Cl. The predicted octanol–water partition coefficient (Wildman–Crippen LogP) is 1.20. The second-order valence-electron chi connectivity index (χ2n) is 4.44. The molecule has 1 saturated heterocycles. The van der Waals surface area contributed by atoms with Crippen LogP contribution in [0.3, 0.4) is 0 Å². The number of halogens is 1. The summed E-state index contributed by atoms with van der Waals surface area (Å²) in [5.41, 5.74) is 0.435. The minimum absolute atomic E-state index is 0. The summed E-state index contributed by atoms with van der Waals surface area (Å²) in [4.78, 5) is 11.8. The number of carbonyl (C=O) groups is 1. The average molecular weight is 275 g/mol. The van der Waals surface area contributed by atoms with Crippen LogP contribution in [0.15, 0.2) is 23.0 Å². The molecule has 5 nitrogen and oxygen atoms in total. The van der Waals surface area contributed by atoms with E-state index in [1.54, 1.807) is 13.2 Å². The lowest BCUT2D eigenvalue weighted by Gasteiger charge is -2.28. The minimum Gasteiger partial charge on any atom is -0.472 e. The van der Waals surface area contributed by atoms with Crippen LogP contribution in [-0.2, 0) is 4.74 Å². The first-order chi connectivity index (χ1) is 8.26. The smallest absolute Gasteiger partial charge is 0.254 e. The molecule has 0 bridgehead atoms. The molecule has 2 heterocycles. The van der Waals surface area contributed by atoms with Gasteiger partial charge in [-0.2, -0.15) is 0 Å². The molecule has 2 N–H and O–H groups in total. The Hall–Kier alpha value is -1.04. The van der Waals surface area contributed by atoms with Gasteiger partial charge in [0.15, 0.2) is 0 Å². The number of amides is 1. The first-order valence-electron chi connectivity index (χ1n) is 5.80. The Morgan fingerprint density at radius 3 is 3.06 bits per heavy atom. The molecule has 1 amide bonds. The Morgan fingerprint density at radius 1 is 1.67 bits per heavy atom. The molecule has 1 unspecified atom stereocenters. The summed E-state index contributed by atoms with van der Waals surface area (Å²) >= 11 is 0. The van der Waals surface area contributed by atoms with Crippen molar-refractivity contribution in [3.05, 3.63) is 24.2 Å². The highest BCUT2D eigenvalue weighted by Gasteiger charge is 2.33. The predicted molar refractivity (Wildman–Crippen MR) is 70.1 cm³/mol. The van der Waals surface area contributed by atoms with Gasteiger partial charge in [0, 0.05) is 13.7 Å².